The second kappa shape index (κ2) is 7.43. The highest BCUT2D eigenvalue weighted by molar-refractivity contribution is 5.47. The Balaban J connectivity index is 1.59. The van der Waals surface area contributed by atoms with Gasteiger partial charge in [-0.05, 0) is 19.3 Å². The van der Waals surface area contributed by atoms with Gasteiger partial charge in [-0.3, -0.25) is 0 Å². The number of hydrogen-bond acceptors (Lipinski definition) is 7. The van der Waals surface area contributed by atoms with Gasteiger partial charge in [0, 0.05) is 38.2 Å². The number of hydrogen-bond donors (Lipinski definition) is 2. The summed E-state index contributed by atoms with van der Waals surface area (Å²) in [5.41, 5.74) is 1.05. The van der Waals surface area contributed by atoms with E-state index in [0.29, 0.717) is 18.4 Å². The number of morpholine rings is 1. The highest BCUT2D eigenvalue weighted by Gasteiger charge is 2.39. The molecule has 7 heteroatoms. The maximum atomic E-state index is 9.10. The van der Waals surface area contributed by atoms with E-state index >= 15 is 0 Å². The summed E-state index contributed by atoms with van der Waals surface area (Å²) in [6, 6.07) is 2.12. The second-order valence-electron chi connectivity index (χ2n) is 7.35. The van der Waals surface area contributed by atoms with Crippen LogP contribution in [0.2, 0.25) is 0 Å². The summed E-state index contributed by atoms with van der Waals surface area (Å²) >= 11 is 0. The Labute approximate surface area is 148 Å². The van der Waals surface area contributed by atoms with E-state index in [0.717, 1.165) is 63.7 Å². The predicted octanol–water partition coefficient (Wildman–Crippen LogP) is 1.53. The molecule has 1 spiro atoms. The first kappa shape index (κ1) is 17.0. The summed E-state index contributed by atoms with van der Waals surface area (Å²) in [4.78, 5) is 11.7. The molecule has 7 nitrogen and oxygen atoms in total. The molecule has 3 fully saturated rings. The molecule has 0 aromatic carbocycles. The molecule has 138 valence electrons. The van der Waals surface area contributed by atoms with Gasteiger partial charge in [-0.1, -0.05) is 12.8 Å². The Bertz CT molecular complexity index is 586. The van der Waals surface area contributed by atoms with Crippen LogP contribution in [0.1, 0.15) is 43.7 Å². The molecule has 0 amide bonds. The molecule has 1 saturated carbocycles. The van der Waals surface area contributed by atoms with Crippen LogP contribution in [0, 0.1) is 0 Å². The standard InChI is InChI=1S/C18H28N4O3/c23-8-6-19-17-20-15(14-3-9-24-12-14)11-16(21-17)22-7-10-25-18(13-22)4-1-2-5-18/h11,14,23H,1-10,12-13H2,(H,19,20,21). The van der Waals surface area contributed by atoms with E-state index in [-0.39, 0.29) is 12.2 Å². The maximum absolute atomic E-state index is 9.10. The lowest BCUT2D eigenvalue weighted by atomic mass is 9.99. The van der Waals surface area contributed by atoms with Crippen molar-refractivity contribution in [1.29, 1.82) is 0 Å². The van der Waals surface area contributed by atoms with E-state index < -0.39 is 0 Å². The van der Waals surface area contributed by atoms with Crippen molar-refractivity contribution in [2.75, 3.05) is 56.3 Å². The minimum Gasteiger partial charge on any atom is -0.395 e. The van der Waals surface area contributed by atoms with Crippen molar-refractivity contribution in [1.82, 2.24) is 9.97 Å². The molecule has 4 rings (SSSR count). The van der Waals surface area contributed by atoms with Gasteiger partial charge in [-0.2, -0.15) is 4.98 Å². The minimum atomic E-state index is 0.0124. The molecule has 3 heterocycles. The van der Waals surface area contributed by atoms with Crippen LogP contribution >= 0.6 is 0 Å². The van der Waals surface area contributed by atoms with Crippen molar-refractivity contribution in [3.63, 3.8) is 0 Å². The number of aliphatic hydroxyl groups is 1. The van der Waals surface area contributed by atoms with Crippen LogP contribution in [0.3, 0.4) is 0 Å². The third-order valence-corrected chi connectivity index (χ3v) is 5.56. The number of ether oxygens (including phenoxy) is 2. The lowest BCUT2D eigenvalue weighted by molar-refractivity contribution is -0.0503. The monoisotopic (exact) mass is 348 g/mol. The van der Waals surface area contributed by atoms with Crippen molar-refractivity contribution in [2.24, 2.45) is 0 Å². The fraction of sp³-hybridized carbons (Fsp3) is 0.778. The molecule has 2 aliphatic heterocycles. The van der Waals surface area contributed by atoms with Gasteiger partial charge >= 0.3 is 0 Å². The van der Waals surface area contributed by atoms with Crippen LogP contribution in [0.5, 0.6) is 0 Å². The molecule has 2 N–H and O–H groups in total. The van der Waals surface area contributed by atoms with Crippen LogP contribution < -0.4 is 10.2 Å². The molecule has 1 atom stereocenters. The molecule has 3 aliphatic rings. The fourth-order valence-electron chi connectivity index (χ4n) is 4.20. The number of nitrogens with zero attached hydrogens (tertiary/aromatic N) is 3. The summed E-state index contributed by atoms with van der Waals surface area (Å²) in [6.45, 7) is 4.56. The summed E-state index contributed by atoms with van der Waals surface area (Å²) in [7, 11) is 0. The molecule has 0 bridgehead atoms. The molecule has 1 aliphatic carbocycles. The topological polar surface area (TPSA) is 79.7 Å². The van der Waals surface area contributed by atoms with Gasteiger partial charge in [-0.15, -0.1) is 0 Å². The highest BCUT2D eigenvalue weighted by atomic mass is 16.5. The molecular formula is C18H28N4O3. The zero-order valence-corrected chi connectivity index (χ0v) is 14.7. The van der Waals surface area contributed by atoms with Crippen LogP contribution in [-0.2, 0) is 9.47 Å². The van der Waals surface area contributed by atoms with E-state index in [1.165, 1.54) is 12.8 Å². The van der Waals surface area contributed by atoms with Crippen molar-refractivity contribution < 1.29 is 14.6 Å². The van der Waals surface area contributed by atoms with Crippen molar-refractivity contribution in [2.45, 2.75) is 43.6 Å². The lowest BCUT2D eigenvalue weighted by Gasteiger charge is -2.41. The van der Waals surface area contributed by atoms with Crippen LogP contribution in [0.25, 0.3) is 0 Å². The Kier molecular flexibility index (Phi) is 5.05. The zero-order chi connectivity index (χ0) is 17.1. The van der Waals surface area contributed by atoms with E-state index in [1.54, 1.807) is 0 Å². The van der Waals surface area contributed by atoms with E-state index in [1.807, 2.05) is 0 Å². The summed E-state index contributed by atoms with van der Waals surface area (Å²) in [5.74, 6) is 1.89. The van der Waals surface area contributed by atoms with E-state index in [2.05, 4.69) is 21.3 Å². The minimum absolute atomic E-state index is 0.0124. The highest BCUT2D eigenvalue weighted by Crippen LogP contribution is 2.37. The number of rotatable bonds is 5. The smallest absolute Gasteiger partial charge is 0.224 e. The van der Waals surface area contributed by atoms with Gasteiger partial charge in [0.15, 0.2) is 0 Å². The first-order chi connectivity index (χ1) is 12.3. The normalized spacial score (nSPS) is 25.6. The average molecular weight is 348 g/mol. The third kappa shape index (κ3) is 3.73. The van der Waals surface area contributed by atoms with Gasteiger partial charge in [0.1, 0.15) is 5.82 Å². The molecule has 2 saturated heterocycles. The number of aromatic nitrogens is 2. The SMILES string of the molecule is OCCNc1nc(C2CCOC2)cc(N2CCOC3(CCCC3)C2)n1. The first-order valence-corrected chi connectivity index (χ1v) is 9.48. The number of nitrogens with one attached hydrogen (secondary N) is 1. The molecule has 1 unspecified atom stereocenters. The molecule has 1 aromatic heterocycles. The zero-order valence-electron chi connectivity index (χ0n) is 14.7. The van der Waals surface area contributed by atoms with E-state index in [9.17, 15) is 0 Å². The van der Waals surface area contributed by atoms with Gasteiger partial charge in [0.25, 0.3) is 0 Å². The van der Waals surface area contributed by atoms with Crippen LogP contribution in [0.15, 0.2) is 6.07 Å². The first-order valence-electron chi connectivity index (χ1n) is 9.48. The number of aliphatic hydroxyl groups excluding tert-OH is 1. The quantitative estimate of drug-likeness (QED) is 0.835. The maximum Gasteiger partial charge on any atom is 0.224 e. The van der Waals surface area contributed by atoms with Crippen molar-refractivity contribution >= 4 is 11.8 Å². The molecule has 25 heavy (non-hydrogen) atoms. The van der Waals surface area contributed by atoms with Gasteiger partial charge in [-0.25, -0.2) is 4.98 Å². The van der Waals surface area contributed by atoms with Crippen molar-refractivity contribution in [3.05, 3.63) is 11.8 Å². The van der Waals surface area contributed by atoms with Gasteiger partial charge in [0.2, 0.25) is 5.95 Å². The Morgan fingerprint density at radius 2 is 2.16 bits per heavy atom. The molecular weight excluding hydrogens is 320 g/mol. The van der Waals surface area contributed by atoms with Crippen LogP contribution in [0.4, 0.5) is 11.8 Å². The van der Waals surface area contributed by atoms with Gasteiger partial charge in [0.05, 0.1) is 31.1 Å². The van der Waals surface area contributed by atoms with Crippen molar-refractivity contribution in [3.8, 4) is 0 Å². The predicted molar refractivity (Wildman–Crippen MR) is 95.1 cm³/mol. The van der Waals surface area contributed by atoms with Crippen LogP contribution in [-0.4, -0.2) is 66.7 Å². The largest absolute Gasteiger partial charge is 0.395 e. The third-order valence-electron chi connectivity index (χ3n) is 5.56. The Morgan fingerprint density at radius 1 is 1.28 bits per heavy atom. The second-order valence-corrected chi connectivity index (χ2v) is 7.35. The molecule has 1 aromatic rings. The fourth-order valence-corrected chi connectivity index (χ4v) is 4.20. The summed E-state index contributed by atoms with van der Waals surface area (Å²) < 4.78 is 11.7. The van der Waals surface area contributed by atoms with E-state index in [4.69, 9.17) is 19.6 Å². The Hall–Kier alpha value is -1.44. The number of anilines is 2. The average Bonchev–Trinajstić information content (AvgIpc) is 3.32. The summed E-state index contributed by atoms with van der Waals surface area (Å²) in [6.07, 6.45) is 5.81. The lowest BCUT2D eigenvalue weighted by Crippen LogP contribution is -2.50. The molecule has 0 radical (unpaired) electrons. The summed E-state index contributed by atoms with van der Waals surface area (Å²) in [5, 5.41) is 12.2. The van der Waals surface area contributed by atoms with Gasteiger partial charge < -0.3 is 24.8 Å². The Morgan fingerprint density at radius 3 is 2.92 bits per heavy atom.